The van der Waals surface area contributed by atoms with Gasteiger partial charge in [0.15, 0.2) is 0 Å². The molecule has 4 heteroatoms. The van der Waals surface area contributed by atoms with Crippen LogP contribution in [-0.4, -0.2) is 37.0 Å². The van der Waals surface area contributed by atoms with Crippen LogP contribution in [0, 0.1) is 11.8 Å². The summed E-state index contributed by atoms with van der Waals surface area (Å²) < 4.78 is 0. The standard InChI is InChI=1S/C16H19ClN2O/c17-14-3-1-2-13(6-14)16(4-5-16)15(20)19-9-11-7-18-8-12(11)10-19/h1-3,6,11-12,18H,4-5,7-10H2/t11-,12+. The molecule has 0 bridgehead atoms. The van der Waals surface area contributed by atoms with Gasteiger partial charge in [0.25, 0.3) is 0 Å². The number of hydrogen-bond acceptors (Lipinski definition) is 2. The van der Waals surface area contributed by atoms with Gasteiger partial charge in [-0.2, -0.15) is 0 Å². The zero-order valence-corrected chi connectivity index (χ0v) is 12.2. The van der Waals surface area contributed by atoms with Crippen LogP contribution in [-0.2, 0) is 10.2 Å². The molecule has 1 aromatic carbocycles. The topological polar surface area (TPSA) is 32.3 Å². The smallest absolute Gasteiger partial charge is 0.233 e. The molecule has 1 N–H and O–H groups in total. The van der Waals surface area contributed by atoms with Crippen LogP contribution in [0.4, 0.5) is 0 Å². The molecule has 0 spiro atoms. The van der Waals surface area contributed by atoms with E-state index in [1.165, 1.54) is 0 Å². The molecule has 3 nitrogen and oxygen atoms in total. The van der Waals surface area contributed by atoms with Crippen molar-refractivity contribution < 1.29 is 4.79 Å². The third kappa shape index (κ3) is 1.87. The number of fused-ring (bicyclic) bond motifs is 1. The molecule has 0 radical (unpaired) electrons. The van der Waals surface area contributed by atoms with Crippen LogP contribution in [0.25, 0.3) is 0 Å². The minimum Gasteiger partial charge on any atom is -0.341 e. The lowest BCUT2D eigenvalue weighted by molar-refractivity contribution is -0.133. The van der Waals surface area contributed by atoms with Crippen molar-refractivity contribution in [3.05, 3.63) is 34.9 Å². The largest absolute Gasteiger partial charge is 0.341 e. The van der Waals surface area contributed by atoms with Crippen molar-refractivity contribution in [1.29, 1.82) is 0 Å². The average molecular weight is 291 g/mol. The second-order valence-corrected chi connectivity index (χ2v) is 6.92. The van der Waals surface area contributed by atoms with Crippen LogP contribution in [0.2, 0.25) is 5.02 Å². The van der Waals surface area contributed by atoms with E-state index < -0.39 is 0 Å². The highest BCUT2D eigenvalue weighted by Gasteiger charge is 2.54. The molecule has 106 valence electrons. The zero-order chi connectivity index (χ0) is 13.7. The molecule has 20 heavy (non-hydrogen) atoms. The Kier molecular flexibility index (Phi) is 2.83. The minimum atomic E-state index is -0.267. The fourth-order valence-electron chi connectivity index (χ4n) is 3.86. The first-order valence-electron chi connectivity index (χ1n) is 7.45. The number of benzene rings is 1. The summed E-state index contributed by atoms with van der Waals surface area (Å²) in [5.41, 5.74) is 0.835. The van der Waals surface area contributed by atoms with Crippen LogP contribution in [0.1, 0.15) is 18.4 Å². The second kappa shape index (κ2) is 4.47. The molecule has 4 rings (SSSR count). The Morgan fingerprint density at radius 2 is 1.95 bits per heavy atom. The van der Waals surface area contributed by atoms with Gasteiger partial charge in [-0.1, -0.05) is 23.7 Å². The van der Waals surface area contributed by atoms with Crippen LogP contribution in [0.5, 0.6) is 0 Å². The van der Waals surface area contributed by atoms with Crippen molar-refractivity contribution in [1.82, 2.24) is 10.2 Å². The molecule has 3 aliphatic rings. The third-order valence-electron chi connectivity index (χ3n) is 5.21. The lowest BCUT2D eigenvalue weighted by atomic mass is 9.94. The highest BCUT2D eigenvalue weighted by molar-refractivity contribution is 6.30. The molecule has 2 atom stereocenters. The molecule has 0 aromatic heterocycles. The number of nitrogens with zero attached hydrogens (tertiary/aromatic N) is 1. The molecular weight excluding hydrogens is 272 g/mol. The lowest BCUT2D eigenvalue weighted by Crippen LogP contribution is -2.39. The Morgan fingerprint density at radius 1 is 1.25 bits per heavy atom. The first-order chi connectivity index (χ1) is 9.69. The number of carbonyl (C=O) groups excluding carboxylic acids is 1. The lowest BCUT2D eigenvalue weighted by Gasteiger charge is -2.24. The first kappa shape index (κ1) is 12.7. The van der Waals surface area contributed by atoms with Gasteiger partial charge >= 0.3 is 0 Å². The maximum absolute atomic E-state index is 12.9. The number of likely N-dealkylation sites (tertiary alicyclic amines) is 1. The van der Waals surface area contributed by atoms with Gasteiger partial charge in [-0.05, 0) is 42.4 Å². The van der Waals surface area contributed by atoms with E-state index in [1.54, 1.807) is 0 Å². The van der Waals surface area contributed by atoms with Crippen LogP contribution >= 0.6 is 11.6 Å². The van der Waals surface area contributed by atoms with Gasteiger partial charge in [0.1, 0.15) is 0 Å². The Morgan fingerprint density at radius 3 is 2.55 bits per heavy atom. The van der Waals surface area contributed by atoms with E-state index in [2.05, 4.69) is 16.3 Å². The molecule has 1 aliphatic carbocycles. The number of rotatable bonds is 2. The Balaban J connectivity index is 1.56. The van der Waals surface area contributed by atoms with Gasteiger partial charge < -0.3 is 10.2 Å². The quantitative estimate of drug-likeness (QED) is 0.904. The van der Waals surface area contributed by atoms with Crippen LogP contribution in [0.3, 0.4) is 0 Å². The SMILES string of the molecule is O=C(N1C[C@H]2CNC[C@H]2C1)C1(c2cccc(Cl)c2)CC1. The third-order valence-corrected chi connectivity index (χ3v) is 5.45. The van der Waals surface area contributed by atoms with E-state index in [4.69, 9.17) is 11.6 Å². The number of carbonyl (C=O) groups is 1. The maximum Gasteiger partial charge on any atom is 0.233 e. The van der Waals surface area contributed by atoms with Gasteiger partial charge in [-0.25, -0.2) is 0 Å². The van der Waals surface area contributed by atoms with E-state index in [0.29, 0.717) is 17.7 Å². The monoisotopic (exact) mass is 290 g/mol. The molecule has 1 saturated carbocycles. The van der Waals surface area contributed by atoms with Gasteiger partial charge in [0.05, 0.1) is 5.41 Å². The van der Waals surface area contributed by atoms with Gasteiger partial charge in [-0.15, -0.1) is 0 Å². The fourth-order valence-corrected chi connectivity index (χ4v) is 4.05. The number of halogens is 1. The van der Waals surface area contributed by atoms with E-state index >= 15 is 0 Å². The molecular formula is C16H19ClN2O. The van der Waals surface area contributed by atoms with Crippen molar-refractivity contribution in [3.8, 4) is 0 Å². The summed E-state index contributed by atoms with van der Waals surface area (Å²) in [4.78, 5) is 15.0. The second-order valence-electron chi connectivity index (χ2n) is 6.48. The van der Waals surface area contributed by atoms with Gasteiger partial charge in [0, 0.05) is 31.2 Å². The number of hydrogen-bond donors (Lipinski definition) is 1. The molecule has 1 aromatic rings. The highest BCUT2D eigenvalue weighted by atomic mass is 35.5. The minimum absolute atomic E-state index is 0.267. The summed E-state index contributed by atoms with van der Waals surface area (Å²) in [5.74, 6) is 1.65. The molecule has 2 aliphatic heterocycles. The van der Waals surface area contributed by atoms with E-state index in [0.717, 1.165) is 49.6 Å². The number of amides is 1. The Labute approximate surface area is 124 Å². The van der Waals surface area contributed by atoms with E-state index in [1.807, 2.05) is 18.2 Å². The maximum atomic E-state index is 12.9. The fraction of sp³-hybridized carbons (Fsp3) is 0.562. The summed E-state index contributed by atoms with van der Waals surface area (Å²) in [6, 6.07) is 7.84. The molecule has 1 amide bonds. The highest BCUT2D eigenvalue weighted by Crippen LogP contribution is 2.50. The molecule has 2 saturated heterocycles. The van der Waals surface area contributed by atoms with Crippen molar-refractivity contribution in [2.75, 3.05) is 26.2 Å². The molecule has 2 heterocycles. The summed E-state index contributed by atoms with van der Waals surface area (Å²) in [6.07, 6.45) is 1.94. The van der Waals surface area contributed by atoms with Crippen molar-refractivity contribution in [2.24, 2.45) is 11.8 Å². The Hall–Kier alpha value is -1.06. The van der Waals surface area contributed by atoms with Crippen molar-refractivity contribution >= 4 is 17.5 Å². The van der Waals surface area contributed by atoms with Gasteiger partial charge in [-0.3, -0.25) is 4.79 Å². The summed E-state index contributed by atoms with van der Waals surface area (Å²) in [6.45, 7) is 3.99. The molecule has 0 unspecified atom stereocenters. The molecule has 3 fully saturated rings. The summed E-state index contributed by atoms with van der Waals surface area (Å²) >= 11 is 6.09. The van der Waals surface area contributed by atoms with Crippen molar-refractivity contribution in [2.45, 2.75) is 18.3 Å². The van der Waals surface area contributed by atoms with Crippen LogP contribution in [0.15, 0.2) is 24.3 Å². The predicted molar refractivity (Wildman–Crippen MR) is 78.8 cm³/mol. The normalized spacial score (nSPS) is 30.4. The summed E-state index contributed by atoms with van der Waals surface area (Å²) in [7, 11) is 0. The van der Waals surface area contributed by atoms with Crippen LogP contribution < -0.4 is 5.32 Å². The van der Waals surface area contributed by atoms with Crippen molar-refractivity contribution in [3.63, 3.8) is 0 Å². The number of nitrogens with one attached hydrogen (secondary N) is 1. The summed E-state index contributed by atoms with van der Waals surface area (Å²) in [5, 5.41) is 4.15. The average Bonchev–Trinajstić information content (AvgIpc) is 2.97. The first-order valence-corrected chi connectivity index (χ1v) is 7.83. The van der Waals surface area contributed by atoms with Gasteiger partial charge in [0.2, 0.25) is 5.91 Å². The van der Waals surface area contributed by atoms with E-state index in [-0.39, 0.29) is 5.41 Å². The van der Waals surface area contributed by atoms with E-state index in [9.17, 15) is 4.79 Å². The zero-order valence-electron chi connectivity index (χ0n) is 11.4. The Bertz CT molecular complexity index is 543. The predicted octanol–water partition coefficient (Wildman–Crippen LogP) is 2.05.